The summed E-state index contributed by atoms with van der Waals surface area (Å²) in [6.45, 7) is 6.59. The van der Waals surface area contributed by atoms with Crippen molar-refractivity contribution in [3.63, 3.8) is 0 Å². The minimum absolute atomic E-state index is 0.0922. The molecule has 0 fully saturated rings. The molecule has 0 saturated carbocycles. The van der Waals surface area contributed by atoms with Crippen molar-refractivity contribution in [3.8, 4) is 0 Å². The number of pyridine rings is 2. The van der Waals surface area contributed by atoms with Crippen molar-refractivity contribution < 1.29 is 13.2 Å². The highest BCUT2D eigenvalue weighted by atomic mass is 79.9. The Morgan fingerprint density at radius 2 is 1.39 bits per heavy atom. The highest BCUT2D eigenvalue weighted by Gasteiger charge is 2.33. The Labute approximate surface area is 207 Å². The lowest BCUT2D eigenvalue weighted by atomic mass is 10.1. The van der Waals surface area contributed by atoms with Gasteiger partial charge in [-0.1, -0.05) is 13.8 Å². The first-order valence-electron chi connectivity index (χ1n) is 10.4. The highest BCUT2D eigenvalue weighted by Crippen LogP contribution is 2.29. The molecule has 176 valence electrons. The molecule has 0 bridgehead atoms. The molecule has 4 rings (SSSR count). The van der Waals surface area contributed by atoms with Gasteiger partial charge in [0.05, 0.1) is 24.1 Å². The van der Waals surface area contributed by atoms with Crippen LogP contribution in [0, 0.1) is 5.92 Å². The zero-order valence-electron chi connectivity index (χ0n) is 18.8. The lowest BCUT2D eigenvalue weighted by Crippen LogP contribution is -2.29. The molecule has 33 heavy (non-hydrogen) atoms. The fraction of sp³-hybridized carbons (Fsp3) is 0.333. The van der Waals surface area contributed by atoms with Gasteiger partial charge in [0.15, 0.2) is 0 Å². The van der Waals surface area contributed by atoms with Crippen molar-refractivity contribution in [3.05, 3.63) is 69.7 Å². The van der Waals surface area contributed by atoms with Crippen LogP contribution >= 0.6 is 31.9 Å². The number of aromatic nitrogens is 4. The van der Waals surface area contributed by atoms with Crippen LogP contribution in [-0.2, 0) is 13.1 Å². The quantitative estimate of drug-likeness (QED) is 0.222. The maximum absolute atomic E-state index is 13.7. The van der Waals surface area contributed by atoms with Crippen molar-refractivity contribution in [2.24, 2.45) is 5.92 Å². The summed E-state index contributed by atoms with van der Waals surface area (Å²) in [5.74, 6) is -3.47. The number of nitrogens with zero attached hydrogens (tertiary/aromatic N) is 4. The van der Waals surface area contributed by atoms with Crippen LogP contribution in [0.25, 0.3) is 21.8 Å². The van der Waals surface area contributed by atoms with Gasteiger partial charge in [-0.25, -0.2) is 23.1 Å². The standard InChI is InChI=1S/C12H13BrF2N2.C12H12BrFN2/c1-8(2)12(14,15)7-17-6-4-9-10(17)3-5-16-11(9)13;1-8(2)10(14)7-16-6-4-9-11(16)3-5-15-12(9)13/h3-6,8H,7H2,1-2H3;3-6H,7H2,1-2H3. The van der Waals surface area contributed by atoms with E-state index in [9.17, 15) is 13.2 Å². The molecule has 9 heteroatoms. The maximum Gasteiger partial charge on any atom is 0.267 e. The van der Waals surface area contributed by atoms with Gasteiger partial charge < -0.3 is 9.13 Å². The molecule has 0 aliphatic rings. The minimum atomic E-state index is -2.71. The van der Waals surface area contributed by atoms with Crippen LogP contribution in [0.1, 0.15) is 27.7 Å². The Bertz CT molecular complexity index is 1290. The van der Waals surface area contributed by atoms with Crippen LogP contribution in [0.2, 0.25) is 0 Å². The van der Waals surface area contributed by atoms with Gasteiger partial charge in [-0.05, 0) is 75.5 Å². The van der Waals surface area contributed by atoms with Crippen molar-refractivity contribution in [1.29, 1.82) is 0 Å². The van der Waals surface area contributed by atoms with E-state index in [2.05, 4.69) is 41.8 Å². The number of alkyl halides is 2. The van der Waals surface area contributed by atoms with E-state index in [1.165, 1.54) is 13.8 Å². The first-order chi connectivity index (χ1) is 15.5. The summed E-state index contributed by atoms with van der Waals surface area (Å²) >= 11 is 6.68. The third kappa shape index (κ3) is 5.87. The van der Waals surface area contributed by atoms with Crippen molar-refractivity contribution >= 4 is 53.7 Å². The fourth-order valence-corrected chi connectivity index (χ4v) is 4.08. The second kappa shape index (κ2) is 10.4. The van der Waals surface area contributed by atoms with Crippen LogP contribution in [-0.4, -0.2) is 25.0 Å². The molecule has 0 aliphatic carbocycles. The topological polar surface area (TPSA) is 35.6 Å². The predicted octanol–water partition coefficient (Wildman–Crippen LogP) is 8.15. The van der Waals surface area contributed by atoms with Gasteiger partial charge in [0.25, 0.3) is 5.92 Å². The van der Waals surface area contributed by atoms with Crippen molar-refractivity contribution in [2.45, 2.75) is 46.7 Å². The minimum Gasteiger partial charge on any atom is -0.341 e. The summed E-state index contributed by atoms with van der Waals surface area (Å²) in [4.78, 5) is 8.20. The Morgan fingerprint density at radius 1 is 0.909 bits per heavy atom. The van der Waals surface area contributed by atoms with Crippen LogP contribution in [0.3, 0.4) is 0 Å². The molecule has 4 aromatic rings. The SMILES string of the molecule is CC(C)=C(F)Cn1ccc2c(Br)nccc21.CC(C)C(F)(F)Cn1ccc2c(Br)nccc21. The molecule has 0 aliphatic heterocycles. The Balaban J connectivity index is 0.000000186. The number of halogens is 5. The van der Waals surface area contributed by atoms with Gasteiger partial charge >= 0.3 is 0 Å². The summed E-state index contributed by atoms with van der Waals surface area (Å²) in [6, 6.07) is 7.36. The zero-order chi connectivity index (χ0) is 24.3. The van der Waals surface area contributed by atoms with Crippen molar-refractivity contribution in [2.75, 3.05) is 0 Å². The predicted molar refractivity (Wildman–Crippen MR) is 134 cm³/mol. The van der Waals surface area contributed by atoms with E-state index in [4.69, 9.17) is 0 Å². The average Bonchev–Trinajstić information content (AvgIpc) is 3.34. The average molecular weight is 586 g/mol. The van der Waals surface area contributed by atoms with Gasteiger partial charge in [0, 0.05) is 41.5 Å². The Morgan fingerprint density at radius 3 is 1.88 bits per heavy atom. The molecule has 0 spiro atoms. The molecule has 0 amide bonds. The summed E-state index contributed by atoms with van der Waals surface area (Å²) < 4.78 is 45.9. The summed E-state index contributed by atoms with van der Waals surface area (Å²) in [6.07, 6.45) is 6.87. The molecule has 0 radical (unpaired) electrons. The van der Waals surface area contributed by atoms with E-state index in [1.807, 2.05) is 22.9 Å². The molecular formula is C24H25Br2F3N4. The molecular weight excluding hydrogens is 561 g/mol. The smallest absolute Gasteiger partial charge is 0.267 e. The van der Waals surface area contributed by atoms with E-state index < -0.39 is 11.8 Å². The van der Waals surface area contributed by atoms with Crippen LogP contribution in [0.4, 0.5) is 13.2 Å². The Kier molecular flexibility index (Phi) is 8.05. The summed E-state index contributed by atoms with van der Waals surface area (Å²) in [7, 11) is 0. The van der Waals surface area contributed by atoms with Crippen molar-refractivity contribution in [1.82, 2.24) is 19.1 Å². The van der Waals surface area contributed by atoms with E-state index in [1.54, 1.807) is 49.1 Å². The van der Waals surface area contributed by atoms with Gasteiger partial charge in [-0.15, -0.1) is 0 Å². The second-order valence-corrected chi connectivity index (χ2v) is 9.78. The van der Waals surface area contributed by atoms with E-state index in [0.29, 0.717) is 4.60 Å². The highest BCUT2D eigenvalue weighted by molar-refractivity contribution is 9.10. The lowest BCUT2D eigenvalue weighted by Gasteiger charge is -2.21. The van der Waals surface area contributed by atoms with Gasteiger partial charge in [-0.2, -0.15) is 0 Å². The second-order valence-electron chi connectivity index (χ2n) is 8.28. The van der Waals surface area contributed by atoms with Crippen LogP contribution in [0.15, 0.2) is 69.7 Å². The third-order valence-corrected chi connectivity index (χ3v) is 6.64. The maximum atomic E-state index is 13.7. The number of fused-ring (bicyclic) bond motifs is 2. The molecule has 0 N–H and O–H groups in total. The first kappa shape index (κ1) is 25.5. The van der Waals surface area contributed by atoms with E-state index >= 15 is 0 Å². The first-order valence-corrected chi connectivity index (χ1v) is 12.0. The Hall–Kier alpha value is -2.13. The number of allylic oxidation sites excluding steroid dienone is 2. The normalized spacial score (nSPS) is 11.7. The molecule has 0 aromatic carbocycles. The number of hydrogen-bond acceptors (Lipinski definition) is 2. The molecule has 4 heterocycles. The molecule has 4 nitrogen and oxygen atoms in total. The molecule has 0 saturated heterocycles. The molecule has 0 atom stereocenters. The molecule has 0 unspecified atom stereocenters. The van der Waals surface area contributed by atoms with Gasteiger partial charge in [-0.3, -0.25) is 0 Å². The lowest BCUT2D eigenvalue weighted by molar-refractivity contribution is -0.0587. The monoisotopic (exact) mass is 584 g/mol. The summed E-state index contributed by atoms with van der Waals surface area (Å²) in [5, 5.41) is 1.86. The number of rotatable bonds is 5. The third-order valence-electron chi connectivity index (χ3n) is 5.38. The van der Waals surface area contributed by atoms with E-state index in [-0.39, 0.29) is 18.9 Å². The van der Waals surface area contributed by atoms with Crippen LogP contribution < -0.4 is 0 Å². The largest absolute Gasteiger partial charge is 0.341 e. The van der Waals surface area contributed by atoms with Gasteiger partial charge in [0.1, 0.15) is 15.0 Å². The molecule has 4 aromatic heterocycles. The number of hydrogen-bond donors (Lipinski definition) is 0. The summed E-state index contributed by atoms with van der Waals surface area (Å²) in [5.41, 5.74) is 2.47. The van der Waals surface area contributed by atoms with Crippen LogP contribution in [0.5, 0.6) is 0 Å². The fourth-order valence-electron chi connectivity index (χ4n) is 3.17. The zero-order valence-corrected chi connectivity index (χ0v) is 22.0. The van der Waals surface area contributed by atoms with E-state index in [0.717, 1.165) is 32.0 Å². The van der Waals surface area contributed by atoms with Gasteiger partial charge in [0.2, 0.25) is 0 Å².